The summed E-state index contributed by atoms with van der Waals surface area (Å²) in [4.78, 5) is 10.9. The average molecular weight is 234 g/mol. The Hall–Kier alpha value is -0.930. The average Bonchev–Trinajstić information content (AvgIpc) is 2.14. The van der Waals surface area contributed by atoms with Gasteiger partial charge >= 0.3 is 6.09 Å². The first-order chi connectivity index (χ1) is 6.54. The van der Waals surface area contributed by atoms with E-state index < -0.39 is 6.09 Å². The summed E-state index contributed by atoms with van der Waals surface area (Å²) in [5.41, 5.74) is 0.801. The highest BCUT2D eigenvalue weighted by molar-refractivity contribution is 6.36. The van der Waals surface area contributed by atoms with Gasteiger partial charge in [0.05, 0.1) is 5.02 Å². The number of ether oxygens (including phenoxy) is 1. The molecule has 0 saturated heterocycles. The van der Waals surface area contributed by atoms with Crippen LogP contribution in [0.25, 0.3) is 0 Å². The van der Waals surface area contributed by atoms with Crippen LogP contribution in [0.5, 0.6) is 5.75 Å². The van der Waals surface area contributed by atoms with Gasteiger partial charge < -0.3 is 10.1 Å². The van der Waals surface area contributed by atoms with Gasteiger partial charge in [-0.1, -0.05) is 23.2 Å². The number of carbonyl (C=O) groups is 1. The Morgan fingerprint density at radius 1 is 1.36 bits per heavy atom. The van der Waals surface area contributed by atoms with Crippen LogP contribution in [-0.4, -0.2) is 13.1 Å². The molecule has 1 aromatic carbocycles. The van der Waals surface area contributed by atoms with Crippen LogP contribution >= 0.6 is 23.2 Å². The number of amides is 1. The molecule has 0 unspecified atom stereocenters. The summed E-state index contributed by atoms with van der Waals surface area (Å²) in [6.07, 6.45) is -0.561. The zero-order chi connectivity index (χ0) is 10.7. The molecule has 1 rings (SSSR count). The molecule has 0 aromatic heterocycles. The smallest absolute Gasteiger partial charge is 0.409 e. The fourth-order valence-corrected chi connectivity index (χ4v) is 1.28. The van der Waals surface area contributed by atoms with Crippen molar-refractivity contribution >= 4 is 29.3 Å². The first-order valence-corrected chi connectivity index (χ1v) is 4.65. The molecule has 5 heteroatoms. The van der Waals surface area contributed by atoms with Crippen molar-refractivity contribution in [3.63, 3.8) is 0 Å². The van der Waals surface area contributed by atoms with Gasteiger partial charge in [0.1, 0.15) is 0 Å². The molecule has 0 bridgehead atoms. The third-order valence-electron chi connectivity index (χ3n) is 1.62. The molecule has 0 saturated carbocycles. The highest BCUT2D eigenvalue weighted by Gasteiger charge is 2.08. The maximum atomic E-state index is 10.9. The highest BCUT2D eigenvalue weighted by Crippen LogP contribution is 2.30. The molecule has 1 N–H and O–H groups in total. The predicted octanol–water partition coefficient (Wildman–Crippen LogP) is 3.02. The van der Waals surface area contributed by atoms with Crippen LogP contribution in [0.15, 0.2) is 12.1 Å². The van der Waals surface area contributed by atoms with Crippen LogP contribution in [0.3, 0.4) is 0 Å². The van der Waals surface area contributed by atoms with E-state index in [0.29, 0.717) is 15.8 Å². The van der Waals surface area contributed by atoms with Crippen molar-refractivity contribution in [2.75, 3.05) is 7.05 Å². The Morgan fingerprint density at radius 2 is 2.00 bits per heavy atom. The highest BCUT2D eigenvalue weighted by atomic mass is 35.5. The van der Waals surface area contributed by atoms with E-state index >= 15 is 0 Å². The molecule has 3 nitrogen and oxygen atoms in total. The van der Waals surface area contributed by atoms with Crippen molar-refractivity contribution in [1.29, 1.82) is 0 Å². The molecule has 1 aromatic rings. The molecule has 76 valence electrons. The molecule has 14 heavy (non-hydrogen) atoms. The van der Waals surface area contributed by atoms with Crippen LogP contribution in [0, 0.1) is 6.92 Å². The Kier molecular flexibility index (Phi) is 3.61. The van der Waals surface area contributed by atoms with Gasteiger partial charge in [-0.25, -0.2) is 4.79 Å². The lowest BCUT2D eigenvalue weighted by Gasteiger charge is -2.07. The molecular weight excluding hydrogens is 225 g/mol. The zero-order valence-electron chi connectivity index (χ0n) is 7.73. The molecule has 0 heterocycles. The van der Waals surface area contributed by atoms with Crippen molar-refractivity contribution in [2.24, 2.45) is 0 Å². The lowest BCUT2D eigenvalue weighted by molar-refractivity contribution is 0.203. The van der Waals surface area contributed by atoms with Crippen LogP contribution in [0.4, 0.5) is 4.79 Å². The molecule has 0 aliphatic rings. The van der Waals surface area contributed by atoms with E-state index in [0.717, 1.165) is 5.56 Å². The summed E-state index contributed by atoms with van der Waals surface area (Å²) < 4.78 is 4.89. The number of hydrogen-bond acceptors (Lipinski definition) is 2. The summed E-state index contributed by atoms with van der Waals surface area (Å²) in [6, 6.07) is 3.15. The van der Waals surface area contributed by atoms with E-state index in [1.54, 1.807) is 13.0 Å². The van der Waals surface area contributed by atoms with Crippen molar-refractivity contribution < 1.29 is 9.53 Å². The summed E-state index contributed by atoms with van der Waals surface area (Å²) in [5, 5.41) is 3.17. The molecule has 0 radical (unpaired) electrons. The number of benzene rings is 1. The molecular formula is C9H9Cl2NO2. The van der Waals surface area contributed by atoms with Crippen LogP contribution in [0.1, 0.15) is 5.56 Å². The van der Waals surface area contributed by atoms with Gasteiger partial charge in [0.25, 0.3) is 0 Å². The first kappa shape index (κ1) is 11.1. The van der Waals surface area contributed by atoms with E-state index in [-0.39, 0.29) is 0 Å². The van der Waals surface area contributed by atoms with Gasteiger partial charge in [0.2, 0.25) is 0 Å². The van der Waals surface area contributed by atoms with Crippen molar-refractivity contribution in [3.8, 4) is 5.75 Å². The number of rotatable bonds is 1. The molecule has 0 aliphatic carbocycles. The van der Waals surface area contributed by atoms with Crippen molar-refractivity contribution in [2.45, 2.75) is 6.92 Å². The maximum absolute atomic E-state index is 10.9. The Bertz CT molecular complexity index is 366. The second-order valence-electron chi connectivity index (χ2n) is 2.67. The van der Waals surface area contributed by atoms with E-state index in [4.69, 9.17) is 27.9 Å². The zero-order valence-corrected chi connectivity index (χ0v) is 9.24. The third-order valence-corrected chi connectivity index (χ3v) is 2.32. The molecule has 0 atom stereocenters. The fourth-order valence-electron chi connectivity index (χ4n) is 0.860. The molecule has 1 amide bonds. The number of nitrogens with one attached hydrogen (secondary N) is 1. The molecule has 0 aliphatic heterocycles. The number of carbonyl (C=O) groups excluding carboxylic acids is 1. The van der Waals surface area contributed by atoms with Gasteiger partial charge in [-0.3, -0.25) is 0 Å². The largest absolute Gasteiger partial charge is 0.412 e. The predicted molar refractivity (Wildman–Crippen MR) is 56.3 cm³/mol. The lowest BCUT2D eigenvalue weighted by atomic mass is 10.2. The van der Waals surface area contributed by atoms with Gasteiger partial charge in [-0.05, 0) is 24.6 Å². The normalized spacial score (nSPS) is 9.71. The summed E-state index contributed by atoms with van der Waals surface area (Å²) in [6.45, 7) is 1.80. The SMILES string of the molecule is CNC(=O)Oc1cc(C)c(Cl)cc1Cl. The topological polar surface area (TPSA) is 38.3 Å². The fraction of sp³-hybridized carbons (Fsp3) is 0.222. The second-order valence-corrected chi connectivity index (χ2v) is 3.49. The number of aryl methyl sites for hydroxylation is 1. The lowest BCUT2D eigenvalue weighted by Crippen LogP contribution is -2.22. The Morgan fingerprint density at radius 3 is 2.57 bits per heavy atom. The maximum Gasteiger partial charge on any atom is 0.412 e. The standard InChI is InChI=1S/C9H9Cl2NO2/c1-5-3-8(14-9(13)12-2)7(11)4-6(5)10/h3-4H,1-2H3,(H,12,13). The minimum atomic E-state index is -0.561. The second kappa shape index (κ2) is 4.53. The minimum absolute atomic E-state index is 0.299. The molecule has 0 spiro atoms. The summed E-state index contributed by atoms with van der Waals surface area (Å²) in [7, 11) is 1.47. The van der Waals surface area contributed by atoms with E-state index in [9.17, 15) is 4.79 Å². The van der Waals surface area contributed by atoms with E-state index in [2.05, 4.69) is 5.32 Å². The van der Waals surface area contributed by atoms with Crippen LogP contribution < -0.4 is 10.1 Å². The van der Waals surface area contributed by atoms with Crippen molar-refractivity contribution in [3.05, 3.63) is 27.7 Å². The first-order valence-electron chi connectivity index (χ1n) is 3.90. The Balaban J connectivity index is 2.98. The van der Waals surface area contributed by atoms with Crippen molar-refractivity contribution in [1.82, 2.24) is 5.32 Å². The third kappa shape index (κ3) is 2.53. The Labute approximate surface area is 92.0 Å². The molecule has 0 fully saturated rings. The quantitative estimate of drug-likeness (QED) is 0.810. The van der Waals surface area contributed by atoms with Gasteiger partial charge in [0, 0.05) is 12.1 Å². The summed E-state index contributed by atoms with van der Waals surface area (Å²) in [5.74, 6) is 0.299. The minimum Gasteiger partial charge on any atom is -0.409 e. The van der Waals surface area contributed by atoms with E-state index in [1.165, 1.54) is 13.1 Å². The van der Waals surface area contributed by atoms with Gasteiger partial charge in [0.15, 0.2) is 5.75 Å². The summed E-state index contributed by atoms with van der Waals surface area (Å²) >= 11 is 11.6. The van der Waals surface area contributed by atoms with Gasteiger partial charge in [-0.2, -0.15) is 0 Å². The van der Waals surface area contributed by atoms with Crippen LogP contribution in [-0.2, 0) is 0 Å². The number of halogens is 2. The monoisotopic (exact) mass is 233 g/mol. The van der Waals surface area contributed by atoms with Crippen LogP contribution in [0.2, 0.25) is 10.0 Å². The number of hydrogen-bond donors (Lipinski definition) is 1. The van der Waals surface area contributed by atoms with Gasteiger partial charge in [-0.15, -0.1) is 0 Å². The van der Waals surface area contributed by atoms with E-state index in [1.807, 2.05) is 0 Å².